The zero-order chi connectivity index (χ0) is 21.3. The minimum absolute atomic E-state index is 0.311. The van der Waals surface area contributed by atoms with Crippen molar-refractivity contribution in [1.82, 2.24) is 15.1 Å². The molecular formula is C26H33ClFN3. The molecule has 0 unspecified atom stereocenters. The van der Waals surface area contributed by atoms with Crippen LogP contribution >= 0.6 is 11.6 Å². The lowest BCUT2D eigenvalue weighted by Gasteiger charge is -2.36. The molecule has 2 saturated carbocycles. The van der Waals surface area contributed by atoms with E-state index in [9.17, 15) is 4.39 Å². The van der Waals surface area contributed by atoms with E-state index >= 15 is 0 Å². The Kier molecular flexibility index (Phi) is 6.30. The number of hydrogen-bond donors (Lipinski definition) is 0. The molecule has 2 aliphatic carbocycles. The van der Waals surface area contributed by atoms with Gasteiger partial charge in [0.2, 0.25) is 0 Å². The summed E-state index contributed by atoms with van der Waals surface area (Å²) < 4.78 is 13.5. The largest absolute Gasteiger partial charge is 0.303 e. The highest BCUT2D eigenvalue weighted by atomic mass is 35.5. The van der Waals surface area contributed by atoms with E-state index in [1.54, 1.807) is 6.07 Å². The Bertz CT molecular complexity index is 886. The summed E-state index contributed by atoms with van der Waals surface area (Å²) in [7, 11) is 0. The van der Waals surface area contributed by atoms with Crippen molar-refractivity contribution >= 4 is 11.6 Å². The van der Waals surface area contributed by atoms with Crippen molar-refractivity contribution in [2.45, 2.75) is 64.2 Å². The second-order valence-electron chi connectivity index (χ2n) is 10.1. The van der Waals surface area contributed by atoms with Gasteiger partial charge in [0.15, 0.2) is 0 Å². The molecule has 5 rings (SSSR count). The third-order valence-corrected chi connectivity index (χ3v) is 8.45. The SMILES string of the molecule is Fc1ccc(Cl)c(-c2ccc(CC[C@@H]3CC34CCN(CC3CCCCC3)CC4)nn2)c1. The van der Waals surface area contributed by atoms with Crippen LogP contribution in [0.5, 0.6) is 0 Å². The van der Waals surface area contributed by atoms with E-state index < -0.39 is 0 Å². The number of aromatic nitrogens is 2. The van der Waals surface area contributed by atoms with E-state index in [4.69, 9.17) is 11.6 Å². The standard InChI is InChI=1S/C26H33ClFN3/c27-24-10-7-21(28)16-23(24)25-11-9-22(29-30-25)8-6-20-17-26(20)12-14-31(15-13-26)18-19-4-2-1-3-5-19/h7,9-11,16,19-20H,1-6,8,12-15,17-18H2/t20-/m1/s1. The van der Waals surface area contributed by atoms with Gasteiger partial charge in [0.1, 0.15) is 5.82 Å². The van der Waals surface area contributed by atoms with Crippen LogP contribution < -0.4 is 0 Å². The predicted molar refractivity (Wildman–Crippen MR) is 124 cm³/mol. The average Bonchev–Trinajstić information content (AvgIpc) is 3.48. The van der Waals surface area contributed by atoms with Gasteiger partial charge in [-0.15, -0.1) is 0 Å². The summed E-state index contributed by atoms with van der Waals surface area (Å²) in [5.74, 6) is 1.50. The lowest BCUT2D eigenvalue weighted by Crippen LogP contribution is -2.38. The molecular weight excluding hydrogens is 409 g/mol. The average molecular weight is 442 g/mol. The Morgan fingerprint density at radius 1 is 1.03 bits per heavy atom. The van der Waals surface area contributed by atoms with Gasteiger partial charge in [0.05, 0.1) is 16.4 Å². The van der Waals surface area contributed by atoms with Crippen LogP contribution in [0.15, 0.2) is 30.3 Å². The molecule has 0 amide bonds. The summed E-state index contributed by atoms with van der Waals surface area (Å²) in [6.45, 7) is 3.95. The molecule has 1 aromatic heterocycles. The van der Waals surface area contributed by atoms with Gasteiger partial charge in [-0.05, 0) is 106 Å². The summed E-state index contributed by atoms with van der Waals surface area (Å²) in [5.41, 5.74) is 2.86. The number of piperidine rings is 1. The first kappa shape index (κ1) is 21.3. The van der Waals surface area contributed by atoms with Crippen LogP contribution in [0.4, 0.5) is 4.39 Å². The summed E-state index contributed by atoms with van der Waals surface area (Å²) in [5, 5.41) is 9.21. The minimum Gasteiger partial charge on any atom is -0.303 e. The molecule has 1 saturated heterocycles. The number of halogens is 2. The quantitative estimate of drug-likeness (QED) is 0.508. The fourth-order valence-electron chi connectivity index (χ4n) is 6.02. The second kappa shape index (κ2) is 9.15. The van der Waals surface area contributed by atoms with E-state index in [1.807, 2.05) is 12.1 Å². The van der Waals surface area contributed by atoms with E-state index in [-0.39, 0.29) is 5.82 Å². The maximum Gasteiger partial charge on any atom is 0.123 e. The van der Waals surface area contributed by atoms with E-state index in [1.165, 1.54) is 89.6 Å². The Morgan fingerprint density at radius 3 is 2.58 bits per heavy atom. The molecule has 3 aliphatic rings. The van der Waals surface area contributed by atoms with E-state index in [2.05, 4.69) is 15.1 Å². The molecule has 1 aromatic carbocycles. The highest BCUT2D eigenvalue weighted by molar-refractivity contribution is 6.33. The first-order valence-electron chi connectivity index (χ1n) is 12.1. The molecule has 1 atom stereocenters. The van der Waals surface area contributed by atoms with Crippen LogP contribution in [-0.2, 0) is 6.42 Å². The lowest BCUT2D eigenvalue weighted by molar-refractivity contribution is 0.130. The maximum atomic E-state index is 13.5. The van der Waals surface area contributed by atoms with Crippen molar-refractivity contribution in [3.05, 3.63) is 46.9 Å². The highest BCUT2D eigenvalue weighted by Crippen LogP contribution is 2.61. The minimum atomic E-state index is -0.311. The van der Waals surface area contributed by atoms with Gasteiger partial charge < -0.3 is 4.90 Å². The molecule has 2 aromatic rings. The number of aryl methyl sites for hydroxylation is 1. The van der Waals surface area contributed by atoms with Crippen LogP contribution in [0.3, 0.4) is 0 Å². The van der Waals surface area contributed by atoms with Crippen molar-refractivity contribution in [3.8, 4) is 11.3 Å². The van der Waals surface area contributed by atoms with Gasteiger partial charge in [-0.3, -0.25) is 0 Å². The number of likely N-dealkylation sites (tertiary alicyclic amines) is 1. The fraction of sp³-hybridized carbons (Fsp3) is 0.615. The topological polar surface area (TPSA) is 29.0 Å². The van der Waals surface area contributed by atoms with Gasteiger partial charge in [-0.25, -0.2) is 4.39 Å². The molecule has 3 nitrogen and oxygen atoms in total. The van der Waals surface area contributed by atoms with Crippen LogP contribution in [0, 0.1) is 23.1 Å². The third-order valence-electron chi connectivity index (χ3n) is 8.12. The fourth-order valence-corrected chi connectivity index (χ4v) is 6.24. The Morgan fingerprint density at radius 2 is 1.84 bits per heavy atom. The van der Waals surface area contributed by atoms with Crippen molar-refractivity contribution in [2.24, 2.45) is 17.3 Å². The van der Waals surface area contributed by atoms with E-state index in [0.717, 1.165) is 24.0 Å². The molecule has 3 fully saturated rings. The van der Waals surface area contributed by atoms with Crippen molar-refractivity contribution in [1.29, 1.82) is 0 Å². The summed E-state index contributed by atoms with van der Waals surface area (Å²) in [6.07, 6.45) is 13.6. The second-order valence-corrected chi connectivity index (χ2v) is 10.5. The third kappa shape index (κ3) is 4.96. The molecule has 31 heavy (non-hydrogen) atoms. The van der Waals surface area contributed by atoms with Crippen molar-refractivity contribution in [2.75, 3.05) is 19.6 Å². The van der Waals surface area contributed by atoms with Gasteiger partial charge in [-0.2, -0.15) is 10.2 Å². The molecule has 5 heteroatoms. The maximum absolute atomic E-state index is 13.5. The van der Waals surface area contributed by atoms with Gasteiger partial charge in [0.25, 0.3) is 0 Å². The van der Waals surface area contributed by atoms with Crippen LogP contribution in [-0.4, -0.2) is 34.7 Å². The van der Waals surface area contributed by atoms with Crippen LogP contribution in [0.25, 0.3) is 11.3 Å². The van der Waals surface area contributed by atoms with Crippen molar-refractivity contribution < 1.29 is 4.39 Å². The first-order valence-corrected chi connectivity index (χ1v) is 12.5. The highest BCUT2D eigenvalue weighted by Gasteiger charge is 2.53. The number of benzene rings is 1. The molecule has 0 bridgehead atoms. The number of rotatable bonds is 6. The number of hydrogen-bond acceptors (Lipinski definition) is 3. The predicted octanol–water partition coefficient (Wildman–Crippen LogP) is 6.55. The lowest BCUT2D eigenvalue weighted by atomic mass is 9.86. The van der Waals surface area contributed by atoms with Crippen LogP contribution in [0.2, 0.25) is 5.02 Å². The summed E-state index contributed by atoms with van der Waals surface area (Å²) >= 11 is 6.19. The van der Waals surface area contributed by atoms with Gasteiger partial charge in [-0.1, -0.05) is 30.9 Å². The normalized spacial score (nSPS) is 23.9. The molecule has 0 radical (unpaired) electrons. The summed E-state index contributed by atoms with van der Waals surface area (Å²) in [4.78, 5) is 2.75. The zero-order valence-corrected chi connectivity index (χ0v) is 19.1. The Labute approximate surface area is 190 Å². The Hall–Kier alpha value is -1.52. The molecule has 1 aliphatic heterocycles. The first-order chi connectivity index (χ1) is 15.1. The zero-order valence-electron chi connectivity index (χ0n) is 18.3. The molecule has 0 N–H and O–H groups in total. The van der Waals surface area contributed by atoms with E-state index in [0.29, 0.717) is 21.7 Å². The molecule has 166 valence electrons. The molecule has 2 heterocycles. The van der Waals surface area contributed by atoms with Gasteiger partial charge in [0, 0.05) is 12.1 Å². The van der Waals surface area contributed by atoms with Crippen molar-refractivity contribution in [3.63, 3.8) is 0 Å². The van der Waals surface area contributed by atoms with Crippen LogP contribution in [0.1, 0.15) is 63.5 Å². The molecule has 1 spiro atoms. The van der Waals surface area contributed by atoms with Gasteiger partial charge >= 0.3 is 0 Å². The monoisotopic (exact) mass is 441 g/mol. The number of nitrogens with zero attached hydrogens (tertiary/aromatic N) is 3. The Balaban J connectivity index is 1.09. The smallest absolute Gasteiger partial charge is 0.123 e. The summed E-state index contributed by atoms with van der Waals surface area (Å²) in [6, 6.07) is 8.27.